The van der Waals surface area contributed by atoms with Crippen molar-refractivity contribution in [3.8, 4) is 0 Å². The van der Waals surface area contributed by atoms with Crippen LogP contribution < -0.4 is 0 Å². The van der Waals surface area contributed by atoms with Crippen LogP contribution in [0.2, 0.25) is 18.1 Å². The summed E-state index contributed by atoms with van der Waals surface area (Å²) in [7, 11) is -1.62. The second kappa shape index (κ2) is 7.01. The number of nitrogens with zero attached hydrogens (tertiary/aromatic N) is 1. The second-order valence-corrected chi connectivity index (χ2v) is 14.6. The van der Waals surface area contributed by atoms with Crippen molar-refractivity contribution >= 4 is 8.32 Å². The summed E-state index contributed by atoms with van der Waals surface area (Å²) in [5.74, 6) is 0. The summed E-state index contributed by atoms with van der Waals surface area (Å²) in [6, 6.07) is 0. The van der Waals surface area contributed by atoms with Gasteiger partial charge in [0.05, 0.1) is 0 Å². The van der Waals surface area contributed by atoms with E-state index in [9.17, 15) is 0 Å². The van der Waals surface area contributed by atoms with Gasteiger partial charge in [-0.2, -0.15) is 0 Å². The van der Waals surface area contributed by atoms with Crippen molar-refractivity contribution in [3.63, 3.8) is 0 Å². The lowest BCUT2D eigenvalue weighted by Gasteiger charge is -2.47. The Labute approximate surface area is 146 Å². The first-order chi connectivity index (χ1) is 10.3. The molecule has 23 heavy (non-hydrogen) atoms. The van der Waals surface area contributed by atoms with Gasteiger partial charge in [-0.3, -0.25) is 4.90 Å². The molecule has 1 heterocycles. The van der Waals surface area contributed by atoms with Crippen molar-refractivity contribution in [2.24, 2.45) is 0 Å². The van der Waals surface area contributed by atoms with E-state index in [1.165, 1.54) is 12.0 Å². The van der Waals surface area contributed by atoms with Crippen LogP contribution in [0.5, 0.6) is 0 Å². The Morgan fingerprint density at radius 3 is 2.17 bits per heavy atom. The van der Waals surface area contributed by atoms with Crippen LogP contribution in [-0.4, -0.2) is 37.4 Å². The van der Waals surface area contributed by atoms with Gasteiger partial charge in [0.25, 0.3) is 0 Å². The summed E-state index contributed by atoms with van der Waals surface area (Å²) in [6.45, 7) is 27.4. The molecule has 136 valence electrons. The topological polar surface area (TPSA) is 12.5 Å². The fraction of sp³-hybridized carbons (Fsp3) is 0.900. The molecule has 0 spiro atoms. The molecule has 1 fully saturated rings. The lowest BCUT2D eigenvalue weighted by atomic mass is 9.82. The summed E-state index contributed by atoms with van der Waals surface area (Å²) >= 11 is 0. The minimum atomic E-state index is -1.62. The SMILES string of the molecule is C=C1CCN(C(C)(C)C)C1(CC)CCCO[Si](C)(C)C(C)(C)C. The maximum atomic E-state index is 6.39. The predicted molar refractivity (Wildman–Crippen MR) is 106 cm³/mol. The van der Waals surface area contributed by atoms with Crippen LogP contribution in [0.3, 0.4) is 0 Å². The fourth-order valence-electron chi connectivity index (χ4n) is 3.70. The third kappa shape index (κ3) is 4.49. The fourth-order valence-corrected chi connectivity index (χ4v) is 4.79. The zero-order chi connectivity index (χ0) is 18.1. The lowest BCUT2D eigenvalue weighted by molar-refractivity contribution is 0.0462. The first kappa shape index (κ1) is 20.9. The number of likely N-dealkylation sites (tertiary alicyclic amines) is 1. The predicted octanol–water partition coefficient (Wildman–Crippen LogP) is 6.00. The Morgan fingerprint density at radius 2 is 1.74 bits per heavy atom. The van der Waals surface area contributed by atoms with E-state index >= 15 is 0 Å². The maximum absolute atomic E-state index is 6.39. The number of hydrogen-bond donors (Lipinski definition) is 0. The van der Waals surface area contributed by atoms with E-state index in [4.69, 9.17) is 4.43 Å². The monoisotopic (exact) mass is 339 g/mol. The third-order valence-corrected chi connectivity index (χ3v) is 10.7. The summed E-state index contributed by atoms with van der Waals surface area (Å²) in [5, 5.41) is 0.295. The first-order valence-corrected chi connectivity index (χ1v) is 12.3. The van der Waals surface area contributed by atoms with Crippen molar-refractivity contribution in [2.75, 3.05) is 13.2 Å². The Hall–Kier alpha value is -0.123. The highest BCUT2D eigenvalue weighted by atomic mass is 28.4. The molecule has 1 aliphatic rings. The summed E-state index contributed by atoms with van der Waals surface area (Å²) in [5.41, 5.74) is 1.81. The highest BCUT2D eigenvalue weighted by Crippen LogP contribution is 2.44. The van der Waals surface area contributed by atoms with Gasteiger partial charge in [0.15, 0.2) is 8.32 Å². The largest absolute Gasteiger partial charge is 0.417 e. The molecule has 0 amide bonds. The van der Waals surface area contributed by atoms with Crippen LogP contribution in [0.1, 0.15) is 74.1 Å². The molecule has 1 atom stereocenters. The van der Waals surface area contributed by atoms with Gasteiger partial charge < -0.3 is 4.43 Å². The minimum Gasteiger partial charge on any atom is -0.417 e. The quantitative estimate of drug-likeness (QED) is 0.334. The molecule has 0 saturated carbocycles. The Balaban J connectivity index is 2.71. The van der Waals surface area contributed by atoms with Gasteiger partial charge in [-0.15, -0.1) is 0 Å². The highest BCUT2D eigenvalue weighted by Gasteiger charge is 2.46. The minimum absolute atomic E-state index is 0.176. The van der Waals surface area contributed by atoms with E-state index in [2.05, 4.69) is 73.0 Å². The zero-order valence-electron chi connectivity index (χ0n) is 17.3. The Kier molecular flexibility index (Phi) is 6.38. The van der Waals surface area contributed by atoms with Gasteiger partial charge >= 0.3 is 0 Å². The number of hydrogen-bond acceptors (Lipinski definition) is 2. The van der Waals surface area contributed by atoms with Gasteiger partial charge in [0, 0.05) is 24.2 Å². The van der Waals surface area contributed by atoms with E-state index in [0.717, 1.165) is 32.4 Å². The van der Waals surface area contributed by atoms with Crippen LogP contribution >= 0.6 is 0 Å². The molecular formula is C20H41NOSi. The normalized spacial score (nSPS) is 24.5. The van der Waals surface area contributed by atoms with Gasteiger partial charge in [0.2, 0.25) is 0 Å². The highest BCUT2D eigenvalue weighted by molar-refractivity contribution is 6.74. The number of rotatable bonds is 6. The van der Waals surface area contributed by atoms with Crippen LogP contribution in [-0.2, 0) is 4.43 Å². The van der Waals surface area contributed by atoms with Gasteiger partial charge in [-0.05, 0) is 64.6 Å². The van der Waals surface area contributed by atoms with Gasteiger partial charge in [-0.25, -0.2) is 0 Å². The van der Waals surface area contributed by atoms with E-state index in [1.54, 1.807) is 0 Å². The molecular weight excluding hydrogens is 298 g/mol. The smallest absolute Gasteiger partial charge is 0.191 e. The second-order valence-electron chi connectivity index (χ2n) is 9.77. The molecule has 0 radical (unpaired) electrons. The average molecular weight is 340 g/mol. The Bertz CT molecular complexity index is 416. The first-order valence-electron chi connectivity index (χ1n) is 9.38. The van der Waals surface area contributed by atoms with E-state index in [1.807, 2.05) is 0 Å². The third-order valence-electron chi connectivity index (χ3n) is 6.21. The molecule has 1 rings (SSSR count). The van der Waals surface area contributed by atoms with Crippen molar-refractivity contribution < 1.29 is 4.43 Å². The van der Waals surface area contributed by atoms with Crippen LogP contribution in [0.25, 0.3) is 0 Å². The standard InChI is InChI=1S/C20H41NOSi/c1-11-20(17(2)13-15-21(20)18(3,4)5)14-12-16-22-23(9,10)19(6,7)8/h2,11-16H2,1,3-10H3. The van der Waals surface area contributed by atoms with Gasteiger partial charge in [-0.1, -0.05) is 39.8 Å². The molecule has 1 unspecified atom stereocenters. The van der Waals surface area contributed by atoms with E-state index < -0.39 is 8.32 Å². The Morgan fingerprint density at radius 1 is 1.17 bits per heavy atom. The molecule has 0 aromatic rings. The van der Waals surface area contributed by atoms with E-state index in [0.29, 0.717) is 5.04 Å². The summed E-state index contributed by atoms with van der Waals surface area (Å²) < 4.78 is 6.39. The molecule has 0 aromatic carbocycles. The molecule has 0 aromatic heterocycles. The van der Waals surface area contributed by atoms with Crippen LogP contribution in [0.4, 0.5) is 0 Å². The van der Waals surface area contributed by atoms with E-state index in [-0.39, 0.29) is 11.1 Å². The average Bonchev–Trinajstić information content (AvgIpc) is 2.71. The van der Waals surface area contributed by atoms with Crippen LogP contribution in [0, 0.1) is 0 Å². The van der Waals surface area contributed by atoms with Crippen molar-refractivity contribution in [1.29, 1.82) is 0 Å². The molecule has 0 aliphatic carbocycles. The van der Waals surface area contributed by atoms with Gasteiger partial charge in [0.1, 0.15) is 0 Å². The zero-order valence-corrected chi connectivity index (χ0v) is 18.3. The van der Waals surface area contributed by atoms with Crippen LogP contribution in [0.15, 0.2) is 12.2 Å². The molecule has 2 nitrogen and oxygen atoms in total. The molecule has 0 bridgehead atoms. The molecule has 0 N–H and O–H groups in total. The van der Waals surface area contributed by atoms with Crippen molar-refractivity contribution in [2.45, 2.75) is 103 Å². The molecule has 3 heteroatoms. The van der Waals surface area contributed by atoms with Crippen molar-refractivity contribution in [1.82, 2.24) is 4.90 Å². The van der Waals surface area contributed by atoms with Crippen molar-refractivity contribution in [3.05, 3.63) is 12.2 Å². The summed E-state index contributed by atoms with van der Waals surface area (Å²) in [4.78, 5) is 2.69. The molecule has 1 saturated heterocycles. The molecule has 1 aliphatic heterocycles. The summed E-state index contributed by atoms with van der Waals surface area (Å²) in [6.07, 6.45) is 4.61. The lowest BCUT2D eigenvalue weighted by Crippen LogP contribution is -2.53. The maximum Gasteiger partial charge on any atom is 0.191 e.